The lowest BCUT2D eigenvalue weighted by atomic mass is 10.0. The molecule has 4 heterocycles. The van der Waals surface area contributed by atoms with Crippen molar-refractivity contribution in [3.8, 4) is 0 Å². The maximum atomic E-state index is 13.5. The van der Waals surface area contributed by atoms with E-state index < -0.39 is 35.7 Å². The zero-order chi connectivity index (χ0) is 34.0. The maximum Gasteiger partial charge on any atom is 0.333 e. The first kappa shape index (κ1) is 30.0. The number of imide groups is 4. The molecular formula is C34H26N8O6. The Balaban J connectivity index is 1.63. The molecule has 7 rings (SSSR count). The molecule has 3 aromatic carbocycles. The summed E-state index contributed by atoms with van der Waals surface area (Å²) in [6.45, 7) is 0. The quantitative estimate of drug-likeness (QED) is 0.333. The predicted octanol–water partition coefficient (Wildman–Crippen LogP) is 1.33. The number of carbonyl (C=O) groups excluding carboxylic acids is 6. The van der Waals surface area contributed by atoms with Gasteiger partial charge in [0, 0.05) is 50.1 Å². The summed E-state index contributed by atoms with van der Waals surface area (Å²) in [5, 5.41) is 3.81. The Bertz CT molecular complexity index is 2130. The highest BCUT2D eigenvalue weighted by Gasteiger charge is 2.42. The molecular weight excluding hydrogens is 616 g/mol. The van der Waals surface area contributed by atoms with Gasteiger partial charge in [-0.3, -0.25) is 38.8 Å². The number of aromatic amines is 1. The first-order chi connectivity index (χ1) is 23.0. The molecule has 14 nitrogen and oxygen atoms in total. The molecule has 3 aliphatic rings. The molecule has 238 valence electrons. The lowest BCUT2D eigenvalue weighted by Gasteiger charge is -2.28. The molecule has 4 aromatic rings. The minimum absolute atomic E-state index is 0.0215. The minimum Gasteiger partial charge on any atom is -0.353 e. The average molecular weight is 643 g/mol. The van der Waals surface area contributed by atoms with Crippen molar-refractivity contribution < 1.29 is 28.8 Å². The topological polar surface area (TPSA) is 168 Å². The van der Waals surface area contributed by atoms with Crippen molar-refractivity contribution in [3.05, 3.63) is 94.6 Å². The maximum absolute atomic E-state index is 13.5. The number of aromatic nitrogens is 1. The highest BCUT2D eigenvalue weighted by atomic mass is 16.2. The largest absolute Gasteiger partial charge is 0.353 e. The zero-order valence-corrected chi connectivity index (χ0v) is 26.1. The van der Waals surface area contributed by atoms with Crippen LogP contribution in [0.5, 0.6) is 0 Å². The van der Waals surface area contributed by atoms with Gasteiger partial charge < -0.3 is 10.3 Å². The summed E-state index contributed by atoms with van der Waals surface area (Å²) in [6.07, 6.45) is 0. The summed E-state index contributed by atoms with van der Waals surface area (Å²) in [7, 11) is 4.99. The van der Waals surface area contributed by atoms with Gasteiger partial charge in [0.25, 0.3) is 23.6 Å². The van der Waals surface area contributed by atoms with Crippen LogP contribution < -0.4 is 16.0 Å². The number of amides is 8. The molecule has 48 heavy (non-hydrogen) atoms. The van der Waals surface area contributed by atoms with E-state index in [1.807, 2.05) is 60.7 Å². The van der Waals surface area contributed by atoms with E-state index >= 15 is 0 Å². The monoisotopic (exact) mass is 642 g/mol. The van der Waals surface area contributed by atoms with Crippen molar-refractivity contribution in [2.24, 2.45) is 9.98 Å². The van der Waals surface area contributed by atoms with Crippen LogP contribution in [0.15, 0.2) is 82.8 Å². The van der Waals surface area contributed by atoms with Gasteiger partial charge >= 0.3 is 12.1 Å². The van der Waals surface area contributed by atoms with Gasteiger partial charge in [-0.25, -0.2) is 19.6 Å². The van der Waals surface area contributed by atoms with Crippen LogP contribution in [0.4, 0.5) is 21.0 Å². The molecule has 0 spiro atoms. The van der Waals surface area contributed by atoms with Gasteiger partial charge in [-0.15, -0.1) is 0 Å². The fourth-order valence-electron chi connectivity index (χ4n) is 5.82. The van der Waals surface area contributed by atoms with Gasteiger partial charge in [-0.1, -0.05) is 36.4 Å². The van der Waals surface area contributed by atoms with E-state index in [0.29, 0.717) is 34.2 Å². The van der Waals surface area contributed by atoms with Gasteiger partial charge in [-0.2, -0.15) is 0 Å². The van der Waals surface area contributed by atoms with Gasteiger partial charge in [0.1, 0.15) is 22.8 Å². The molecule has 0 saturated carbocycles. The van der Waals surface area contributed by atoms with Crippen LogP contribution in [0.25, 0.3) is 21.9 Å². The molecule has 0 atom stereocenters. The lowest BCUT2D eigenvalue weighted by molar-refractivity contribution is -0.132. The Hall–Kier alpha value is -6.70. The van der Waals surface area contributed by atoms with Crippen LogP contribution in [-0.4, -0.2) is 100 Å². The molecule has 2 fully saturated rings. The van der Waals surface area contributed by atoms with E-state index in [2.05, 4.69) is 10.3 Å². The highest BCUT2D eigenvalue weighted by molar-refractivity contribution is 6.47. The van der Waals surface area contributed by atoms with Crippen molar-refractivity contribution in [1.82, 2.24) is 29.9 Å². The number of benzene rings is 3. The Morgan fingerprint density at radius 3 is 1.17 bits per heavy atom. The zero-order valence-electron chi connectivity index (χ0n) is 26.1. The number of barbiturate groups is 2. The molecule has 0 unspecified atom stereocenters. The van der Waals surface area contributed by atoms with Crippen LogP contribution in [-0.2, 0) is 19.2 Å². The molecule has 1 aromatic heterocycles. The number of carbonyl (C=O) groups is 6. The third kappa shape index (κ3) is 4.49. The summed E-state index contributed by atoms with van der Waals surface area (Å²) in [5.74, 6) is -2.68. The van der Waals surface area contributed by atoms with Crippen molar-refractivity contribution in [2.45, 2.75) is 0 Å². The smallest absolute Gasteiger partial charge is 0.333 e. The summed E-state index contributed by atoms with van der Waals surface area (Å²) < 4.78 is 0. The number of urea groups is 2. The predicted molar refractivity (Wildman–Crippen MR) is 175 cm³/mol. The second-order valence-electron chi connectivity index (χ2n) is 11.3. The van der Waals surface area contributed by atoms with Crippen LogP contribution in [0.1, 0.15) is 11.1 Å². The Kier molecular flexibility index (Phi) is 6.86. The molecule has 0 aliphatic carbocycles. The Labute approximate surface area is 271 Å². The van der Waals surface area contributed by atoms with E-state index in [4.69, 9.17) is 9.98 Å². The number of aliphatic imine (C=N–C) groups is 2. The Morgan fingerprint density at radius 2 is 0.833 bits per heavy atom. The van der Waals surface area contributed by atoms with Crippen molar-refractivity contribution >= 4 is 80.7 Å². The van der Waals surface area contributed by atoms with Crippen LogP contribution in [0.2, 0.25) is 0 Å². The first-order valence-electron chi connectivity index (χ1n) is 14.7. The second-order valence-corrected chi connectivity index (χ2v) is 11.3. The number of nitrogens with zero attached hydrogens (tertiary/aromatic N) is 6. The van der Waals surface area contributed by atoms with Gasteiger partial charge in [0.2, 0.25) is 0 Å². The van der Waals surface area contributed by atoms with Crippen LogP contribution >= 0.6 is 0 Å². The standard InChI is InChI=1S/C34H26N8O6/c1-39-29(43)23(30(44)40(2)33(39)47)25-19-15-21-22(16-20(19)26(37-25)24-31(45)41(3)34(48)42(4)32(24)46)28(36-18-13-9-6-10-14-18)38-27(21)35-17-11-7-5-8-12-17/h5-16,37H,1-4H3,(H,35,36,38). The van der Waals surface area contributed by atoms with E-state index in [1.54, 1.807) is 12.1 Å². The third-order valence-electron chi connectivity index (χ3n) is 8.41. The van der Waals surface area contributed by atoms with E-state index in [-0.39, 0.29) is 32.6 Å². The number of H-pyrrole nitrogens is 1. The van der Waals surface area contributed by atoms with Crippen LogP contribution in [0.3, 0.4) is 0 Å². The van der Waals surface area contributed by atoms with E-state index in [1.165, 1.54) is 28.2 Å². The number of hydrogen-bond acceptors (Lipinski definition) is 8. The first-order valence-corrected chi connectivity index (χ1v) is 14.7. The van der Waals surface area contributed by atoms with Gasteiger partial charge in [-0.05, 0) is 36.4 Å². The Morgan fingerprint density at radius 1 is 0.500 bits per heavy atom. The number of fused-ring (bicyclic) bond motifs is 2. The molecule has 0 radical (unpaired) electrons. The fraction of sp³-hybridized carbons (Fsp3) is 0.118. The third-order valence-corrected chi connectivity index (χ3v) is 8.41. The van der Waals surface area contributed by atoms with Crippen LogP contribution in [0, 0.1) is 0 Å². The number of nitrogens with one attached hydrogen (secondary N) is 2. The molecule has 3 aliphatic heterocycles. The summed E-state index contributed by atoms with van der Waals surface area (Å²) in [5.41, 5.74) is 1.63. The van der Waals surface area contributed by atoms with Crippen molar-refractivity contribution in [1.29, 1.82) is 0 Å². The van der Waals surface area contributed by atoms with E-state index in [9.17, 15) is 28.8 Å². The summed E-state index contributed by atoms with van der Waals surface area (Å²) >= 11 is 0. The normalized spacial score (nSPS) is 18.7. The van der Waals surface area contributed by atoms with E-state index in [0.717, 1.165) is 19.6 Å². The number of hydrogen-bond donors (Lipinski definition) is 2. The molecule has 8 amide bonds. The number of para-hydroxylation sites is 2. The van der Waals surface area contributed by atoms with Crippen molar-refractivity contribution in [3.63, 3.8) is 0 Å². The van der Waals surface area contributed by atoms with Gasteiger partial charge in [0.15, 0.2) is 0 Å². The molecule has 14 heteroatoms. The number of amidine groups is 2. The lowest BCUT2D eigenvalue weighted by Crippen LogP contribution is -2.54. The summed E-state index contributed by atoms with van der Waals surface area (Å²) in [4.78, 5) is 95.1. The van der Waals surface area contributed by atoms with Crippen molar-refractivity contribution in [2.75, 3.05) is 28.2 Å². The average Bonchev–Trinajstić information content (AvgIpc) is 3.61. The van der Waals surface area contributed by atoms with Gasteiger partial charge in [0.05, 0.1) is 22.1 Å². The molecule has 2 N–H and O–H groups in total. The highest BCUT2D eigenvalue weighted by Crippen LogP contribution is 2.27. The molecule has 0 bridgehead atoms. The molecule has 2 saturated heterocycles. The number of rotatable bonds is 2. The summed E-state index contributed by atoms with van der Waals surface area (Å²) in [6, 6.07) is 20.1. The minimum atomic E-state index is -0.878. The SMILES string of the molecule is CN1C(=O)C(=c2[nH]c(=C3C(=O)N(C)C(=O)N(C)C3=O)c3cc4c(cc23)C(=Nc2ccccc2)NC4=Nc2ccccc2)C(=O)N(C)C1=O. The fourth-order valence-corrected chi connectivity index (χ4v) is 5.82. The second kappa shape index (κ2) is 11.0.